The van der Waals surface area contributed by atoms with E-state index in [0.29, 0.717) is 35.2 Å². The molecule has 5 aromatic carbocycles. The van der Waals surface area contributed by atoms with Gasteiger partial charge >= 0.3 is 27.4 Å². The molecular weight excluding hydrogens is 1180 g/mol. The summed E-state index contributed by atoms with van der Waals surface area (Å²) in [5, 5.41) is 14.6. The molecule has 2 fully saturated rings. The molecule has 0 radical (unpaired) electrons. The van der Waals surface area contributed by atoms with Crippen molar-refractivity contribution in [2.75, 3.05) is 13.2 Å². The van der Waals surface area contributed by atoms with Gasteiger partial charge in [-0.15, -0.1) is 0 Å². The van der Waals surface area contributed by atoms with Crippen molar-refractivity contribution in [3.63, 3.8) is 0 Å². The molecule has 6 heterocycles. The molecular formula is C64H76N10O13P2. The van der Waals surface area contributed by atoms with Gasteiger partial charge in [0.05, 0.1) is 49.5 Å². The molecule has 0 bridgehead atoms. The number of hydrogen-bond acceptors (Lipinski definition) is 19. The number of aliphatic hydroxyl groups excluding tert-OH is 1. The molecule has 9 aromatic rings. The number of nitrogens with zero attached hydrogens (tertiary/aromatic N) is 8. The second-order valence-corrected chi connectivity index (χ2v) is 24.2. The molecule has 0 spiro atoms. The molecule has 470 valence electrons. The molecule has 1 unspecified atom stereocenters. The zero-order chi connectivity index (χ0) is 63.3. The second kappa shape index (κ2) is 32.3. The predicted molar refractivity (Wildman–Crippen MR) is 334 cm³/mol. The van der Waals surface area contributed by atoms with E-state index < -0.39 is 39.5 Å². The van der Waals surface area contributed by atoms with Gasteiger partial charge in [0.2, 0.25) is 0 Å². The van der Waals surface area contributed by atoms with E-state index in [1.54, 1.807) is 106 Å². The molecule has 2 aliphatic rings. The van der Waals surface area contributed by atoms with E-state index in [2.05, 4.69) is 53.9 Å². The van der Waals surface area contributed by atoms with Crippen molar-refractivity contribution < 1.29 is 60.9 Å². The Hall–Kier alpha value is -8.24. The number of nitrogens with one attached hydrogen (secondary N) is 2. The van der Waals surface area contributed by atoms with Gasteiger partial charge in [-0.3, -0.25) is 23.2 Å². The Morgan fingerprint density at radius 3 is 1.30 bits per heavy atom. The number of aliphatic hydroxyl groups is 1. The van der Waals surface area contributed by atoms with Crippen molar-refractivity contribution in [2.24, 2.45) is 11.8 Å². The Labute approximate surface area is 517 Å². The molecule has 0 amide bonds. The summed E-state index contributed by atoms with van der Waals surface area (Å²) in [7, 11) is -7.93. The molecule has 11 rings (SSSR count). The fourth-order valence-electron chi connectivity index (χ4n) is 9.54. The lowest BCUT2D eigenvalue weighted by Gasteiger charge is -2.24. The number of para-hydroxylation sites is 3. The van der Waals surface area contributed by atoms with E-state index in [4.69, 9.17) is 37.0 Å². The smallest absolute Gasteiger partial charge is 0.460 e. The normalized spacial score (nSPS) is 19.2. The zero-order valence-electron chi connectivity index (χ0n) is 50.9. The van der Waals surface area contributed by atoms with Crippen LogP contribution in [0.15, 0.2) is 177 Å². The van der Waals surface area contributed by atoms with Crippen molar-refractivity contribution in [1.29, 1.82) is 0 Å². The number of fused-ring (bicyclic) bond motifs is 2. The average Bonchev–Trinajstić information content (AvgIpc) is 3.82. The van der Waals surface area contributed by atoms with Crippen LogP contribution in [0.1, 0.15) is 89.4 Å². The minimum Gasteiger partial charge on any atom is -0.460 e. The van der Waals surface area contributed by atoms with Gasteiger partial charge < -0.3 is 37.6 Å². The van der Waals surface area contributed by atoms with E-state index in [1.165, 1.54) is 6.33 Å². The number of esters is 2. The van der Waals surface area contributed by atoms with Crippen molar-refractivity contribution in [1.82, 2.24) is 49.2 Å². The third-order valence-corrected chi connectivity index (χ3v) is 17.2. The standard InChI is InChI=1S/C28H32N5O6P.C22H22NO5P.C12H16N4O2.C2H6/c1-19-14-24(38-27(19)33-18-31-25-20(2)29-17-30-26(25)33)16-37-40(35,39-23-12-8-5-9-13-23)32-21(3)28(34)36-15-22-10-6-4-7-11-22;1-18(22(24)26-17-19-11-5-2-6-12-19)23-29(25,27-20-13-7-3-8-14-20)28-21-15-9-4-10-16-21;1-7-3-9(4-17)18-12(7)16-6-15-10-8(2)13-5-14-11(10)16;1-2/h4-13,17-19,21,24,27H,14-16H2,1-3H3,(H,32,35);2-16,18H,17H2,1H3,(H,23,25);5-7,9,12,17H,3-4H2,1-2H3;1-2H3/t19-,21-,24-,27+,40?;18-;7-,9-,12+;/m000./s1. The predicted octanol–water partition coefficient (Wildman–Crippen LogP) is 12.0. The highest BCUT2D eigenvalue weighted by Gasteiger charge is 2.40. The number of aryl methyl sites for hydroxylation is 2. The van der Waals surface area contributed by atoms with Gasteiger partial charge in [-0.25, -0.2) is 39.0 Å². The third-order valence-electron chi connectivity index (χ3n) is 13.9. The number of ether oxygens (including phenoxy) is 4. The van der Waals surface area contributed by atoms with Crippen LogP contribution in [0.25, 0.3) is 22.3 Å². The maximum absolute atomic E-state index is 13.9. The molecule has 0 aliphatic carbocycles. The third kappa shape index (κ3) is 18.7. The number of imidazole rings is 2. The van der Waals surface area contributed by atoms with Gasteiger partial charge in [0, 0.05) is 11.8 Å². The number of benzene rings is 5. The highest BCUT2D eigenvalue weighted by molar-refractivity contribution is 7.52. The van der Waals surface area contributed by atoms with Gasteiger partial charge in [0.1, 0.15) is 78.7 Å². The lowest BCUT2D eigenvalue weighted by Crippen LogP contribution is -2.35. The quantitative estimate of drug-likeness (QED) is 0.0420. The molecule has 25 heteroatoms. The van der Waals surface area contributed by atoms with Crippen LogP contribution in [-0.4, -0.2) is 93.6 Å². The molecule has 9 atom stereocenters. The van der Waals surface area contributed by atoms with Crippen LogP contribution in [-0.2, 0) is 55.4 Å². The van der Waals surface area contributed by atoms with E-state index in [0.717, 1.165) is 45.6 Å². The fourth-order valence-corrected chi connectivity index (χ4v) is 12.6. The van der Waals surface area contributed by atoms with Crippen molar-refractivity contribution >= 4 is 49.8 Å². The van der Waals surface area contributed by atoms with Crippen LogP contribution in [0, 0.1) is 25.7 Å². The number of hydrogen-bond donors (Lipinski definition) is 3. The lowest BCUT2D eigenvalue weighted by atomic mass is 10.1. The van der Waals surface area contributed by atoms with Crippen LogP contribution < -0.4 is 23.7 Å². The number of rotatable bonds is 22. The summed E-state index contributed by atoms with van der Waals surface area (Å²) in [6.45, 7) is 15.3. The zero-order valence-corrected chi connectivity index (χ0v) is 52.7. The largest absolute Gasteiger partial charge is 0.513 e. The highest BCUT2D eigenvalue weighted by Crippen LogP contribution is 2.48. The Morgan fingerprint density at radius 1 is 0.551 bits per heavy atom. The van der Waals surface area contributed by atoms with Crippen LogP contribution in [0.3, 0.4) is 0 Å². The summed E-state index contributed by atoms with van der Waals surface area (Å²) in [6.07, 6.45) is 7.07. The maximum Gasteiger partial charge on any atom is 0.513 e. The van der Waals surface area contributed by atoms with E-state index in [1.807, 2.05) is 116 Å². The van der Waals surface area contributed by atoms with Gasteiger partial charge in [-0.05, 0) is 88.1 Å². The Bertz CT molecular complexity index is 3700. The van der Waals surface area contributed by atoms with Crippen molar-refractivity contribution in [3.8, 4) is 17.2 Å². The summed E-state index contributed by atoms with van der Waals surface area (Å²) in [5.41, 5.74) is 6.36. The highest BCUT2D eigenvalue weighted by atomic mass is 31.2. The van der Waals surface area contributed by atoms with Crippen LogP contribution in [0.5, 0.6) is 17.2 Å². The number of aromatic nitrogens is 8. The first-order chi connectivity index (χ1) is 43.1. The van der Waals surface area contributed by atoms with Gasteiger partial charge in [-0.1, -0.05) is 143 Å². The summed E-state index contributed by atoms with van der Waals surface area (Å²) in [5.74, 6) is 0.321. The number of carbonyl (C=O) groups excluding carboxylic acids is 2. The lowest BCUT2D eigenvalue weighted by molar-refractivity contribution is -0.147. The first-order valence-corrected chi connectivity index (χ1v) is 32.4. The summed E-state index contributed by atoms with van der Waals surface area (Å²) in [6, 6.07) is 42.6. The minimum absolute atomic E-state index is 0.0234. The minimum atomic E-state index is -4.02. The van der Waals surface area contributed by atoms with E-state index >= 15 is 0 Å². The summed E-state index contributed by atoms with van der Waals surface area (Å²) < 4.78 is 76.7. The Balaban J connectivity index is 0.000000182. The molecule has 0 saturated carbocycles. The first-order valence-electron chi connectivity index (χ1n) is 29.3. The van der Waals surface area contributed by atoms with Gasteiger partial charge in [0.15, 0.2) is 11.3 Å². The monoisotopic (exact) mass is 1250 g/mol. The first kappa shape index (κ1) is 66.7. The Kier molecular flexibility index (Phi) is 24.2. The molecule has 2 aliphatic heterocycles. The topological polar surface area (TPSA) is 274 Å². The van der Waals surface area contributed by atoms with Gasteiger partial charge in [0.25, 0.3) is 0 Å². The van der Waals surface area contributed by atoms with Crippen LogP contribution in [0.2, 0.25) is 0 Å². The van der Waals surface area contributed by atoms with Crippen LogP contribution >= 0.6 is 15.5 Å². The van der Waals surface area contributed by atoms with Crippen molar-refractivity contribution in [2.45, 2.75) is 118 Å². The second-order valence-electron chi connectivity index (χ2n) is 20.9. The molecule has 2 saturated heterocycles. The van der Waals surface area contributed by atoms with Crippen molar-refractivity contribution in [3.05, 3.63) is 199 Å². The van der Waals surface area contributed by atoms with Gasteiger partial charge in [-0.2, -0.15) is 10.2 Å². The fraction of sp³-hybridized carbons (Fsp3) is 0.344. The molecule has 23 nitrogen and oxygen atoms in total. The SMILES string of the molecule is CC.C[C@H](NP(=O)(Oc1ccccc1)Oc1ccccc1)C(=O)OCc1ccccc1.Cc1ncnc2c1ncn2[C@@H]1O[C@H](CO)C[C@@H]1C.Cc1ncnc2c1ncn2[C@@H]1O[C@H](COP(=O)(N[C@@H](C)C(=O)OCc2ccccc2)Oc2ccccc2)C[C@@H]1C. The molecule has 3 N–H and O–H groups in total. The molecule has 4 aromatic heterocycles. The maximum atomic E-state index is 13.9. The van der Waals surface area contributed by atoms with Crippen LogP contribution in [0.4, 0.5) is 0 Å². The van der Waals surface area contributed by atoms with E-state index in [-0.39, 0.29) is 57.0 Å². The summed E-state index contributed by atoms with van der Waals surface area (Å²) in [4.78, 5) is 50.9. The number of carbonyl (C=O) groups is 2. The van der Waals surface area contributed by atoms with E-state index in [9.17, 15) is 23.8 Å². The molecule has 89 heavy (non-hydrogen) atoms. The Morgan fingerprint density at radius 2 is 0.910 bits per heavy atom. The summed E-state index contributed by atoms with van der Waals surface area (Å²) >= 11 is 0. The average molecular weight is 1260 g/mol.